The summed E-state index contributed by atoms with van der Waals surface area (Å²) in [7, 11) is 0. The van der Waals surface area contributed by atoms with Crippen molar-refractivity contribution < 1.29 is 19.5 Å². The Morgan fingerprint density at radius 1 is 1.33 bits per heavy atom. The molecular weight excluding hydrogens is 274 g/mol. The molecule has 3 N–H and O–H groups in total. The third kappa shape index (κ3) is 3.72. The van der Waals surface area contributed by atoms with Crippen molar-refractivity contribution in [3.8, 4) is 0 Å². The Labute approximate surface area is 124 Å². The maximum Gasteiger partial charge on any atom is 0.325 e. The van der Waals surface area contributed by atoms with Gasteiger partial charge in [-0.3, -0.25) is 14.5 Å². The molecule has 0 atom stereocenters. The highest BCUT2D eigenvalue weighted by atomic mass is 16.3. The van der Waals surface area contributed by atoms with Gasteiger partial charge in [0.15, 0.2) is 0 Å². The molecule has 21 heavy (non-hydrogen) atoms. The summed E-state index contributed by atoms with van der Waals surface area (Å²) in [4.78, 5) is 36.6. The molecule has 2 rings (SSSR count). The molecule has 1 aliphatic carbocycles. The van der Waals surface area contributed by atoms with Crippen LogP contribution in [0.1, 0.15) is 46.0 Å². The minimum absolute atomic E-state index is 0.0837. The van der Waals surface area contributed by atoms with Gasteiger partial charge in [0.2, 0.25) is 5.91 Å². The zero-order valence-corrected chi connectivity index (χ0v) is 12.5. The van der Waals surface area contributed by atoms with Gasteiger partial charge in [-0.15, -0.1) is 0 Å². The minimum Gasteiger partial charge on any atom is -0.393 e. The molecule has 0 unspecified atom stereocenters. The Balaban J connectivity index is 1.77. The first kappa shape index (κ1) is 15.8. The maximum atomic E-state index is 12.0. The van der Waals surface area contributed by atoms with Crippen LogP contribution in [-0.4, -0.2) is 52.1 Å². The number of rotatable bonds is 4. The van der Waals surface area contributed by atoms with Gasteiger partial charge in [0.25, 0.3) is 5.91 Å². The lowest BCUT2D eigenvalue weighted by molar-refractivity contribution is -0.130. The monoisotopic (exact) mass is 297 g/mol. The Hall–Kier alpha value is -1.63. The number of urea groups is 1. The third-order valence-corrected chi connectivity index (χ3v) is 4.07. The number of hydrogen-bond donors (Lipinski definition) is 3. The van der Waals surface area contributed by atoms with Crippen molar-refractivity contribution in [2.24, 2.45) is 0 Å². The van der Waals surface area contributed by atoms with Gasteiger partial charge in [0.1, 0.15) is 5.54 Å². The number of imide groups is 1. The molecule has 118 valence electrons. The molecular formula is C14H23N3O4. The van der Waals surface area contributed by atoms with Crippen LogP contribution in [0.3, 0.4) is 0 Å². The van der Waals surface area contributed by atoms with Crippen molar-refractivity contribution in [3.63, 3.8) is 0 Å². The summed E-state index contributed by atoms with van der Waals surface area (Å²) in [6, 6.07) is -0.362. The zero-order chi connectivity index (χ0) is 15.6. The highest BCUT2D eigenvalue weighted by Gasteiger charge is 2.44. The van der Waals surface area contributed by atoms with E-state index in [1.54, 1.807) is 13.8 Å². The van der Waals surface area contributed by atoms with E-state index in [-0.39, 0.29) is 36.9 Å². The lowest BCUT2D eigenvalue weighted by Gasteiger charge is -2.26. The average molecular weight is 297 g/mol. The molecule has 7 heteroatoms. The van der Waals surface area contributed by atoms with Gasteiger partial charge in [0.05, 0.1) is 6.10 Å². The quantitative estimate of drug-likeness (QED) is 0.642. The average Bonchev–Trinajstić information content (AvgIpc) is 2.59. The zero-order valence-electron chi connectivity index (χ0n) is 12.5. The van der Waals surface area contributed by atoms with Crippen LogP contribution in [0, 0.1) is 0 Å². The van der Waals surface area contributed by atoms with Crippen LogP contribution in [0.25, 0.3) is 0 Å². The van der Waals surface area contributed by atoms with Crippen LogP contribution < -0.4 is 10.6 Å². The topological polar surface area (TPSA) is 98.7 Å². The van der Waals surface area contributed by atoms with E-state index >= 15 is 0 Å². The summed E-state index contributed by atoms with van der Waals surface area (Å²) < 4.78 is 0. The summed E-state index contributed by atoms with van der Waals surface area (Å²) >= 11 is 0. The molecule has 1 saturated heterocycles. The summed E-state index contributed by atoms with van der Waals surface area (Å²) in [5.74, 6) is -0.470. The van der Waals surface area contributed by atoms with E-state index in [0.717, 1.165) is 17.7 Å². The first-order valence-electron chi connectivity index (χ1n) is 7.41. The fourth-order valence-electron chi connectivity index (χ4n) is 2.75. The number of amides is 4. The number of carbonyl (C=O) groups excluding carboxylic acids is 3. The summed E-state index contributed by atoms with van der Waals surface area (Å²) in [6.07, 6.45) is 2.78. The summed E-state index contributed by atoms with van der Waals surface area (Å²) in [5, 5.41) is 14.9. The van der Waals surface area contributed by atoms with Crippen LogP contribution >= 0.6 is 0 Å². The molecule has 0 radical (unpaired) electrons. The van der Waals surface area contributed by atoms with Crippen LogP contribution in [0.15, 0.2) is 0 Å². The number of nitrogens with zero attached hydrogens (tertiary/aromatic N) is 1. The van der Waals surface area contributed by atoms with Crippen molar-refractivity contribution in [3.05, 3.63) is 0 Å². The maximum absolute atomic E-state index is 12.0. The molecule has 1 saturated carbocycles. The van der Waals surface area contributed by atoms with Crippen molar-refractivity contribution >= 4 is 17.8 Å². The van der Waals surface area contributed by atoms with Crippen molar-refractivity contribution in [1.82, 2.24) is 15.5 Å². The minimum atomic E-state index is -0.896. The molecule has 0 spiro atoms. The van der Waals surface area contributed by atoms with Gasteiger partial charge in [0, 0.05) is 19.0 Å². The fourth-order valence-corrected chi connectivity index (χ4v) is 2.75. The molecule has 4 amide bonds. The Bertz CT molecular complexity index is 442. The molecule has 0 aromatic carbocycles. The molecule has 0 aromatic rings. The number of aliphatic hydroxyl groups is 1. The van der Waals surface area contributed by atoms with Crippen LogP contribution in [-0.2, 0) is 9.59 Å². The lowest BCUT2D eigenvalue weighted by atomic mass is 9.93. The predicted molar refractivity (Wildman–Crippen MR) is 75.3 cm³/mol. The fraction of sp³-hybridized carbons (Fsp3) is 0.786. The van der Waals surface area contributed by atoms with Crippen molar-refractivity contribution in [1.29, 1.82) is 0 Å². The molecule has 1 heterocycles. The summed E-state index contributed by atoms with van der Waals surface area (Å²) in [6.45, 7) is 3.37. The molecule has 7 nitrogen and oxygen atoms in total. The molecule has 2 fully saturated rings. The van der Waals surface area contributed by atoms with E-state index in [1.807, 2.05) is 0 Å². The lowest BCUT2D eigenvalue weighted by Crippen LogP contribution is -2.42. The number of hydrogen-bond acceptors (Lipinski definition) is 4. The van der Waals surface area contributed by atoms with Crippen molar-refractivity contribution in [2.75, 3.05) is 6.54 Å². The van der Waals surface area contributed by atoms with Gasteiger partial charge in [-0.05, 0) is 39.5 Å². The highest BCUT2D eigenvalue weighted by molar-refractivity contribution is 6.06. The number of carbonyl (C=O) groups is 3. The Morgan fingerprint density at radius 3 is 2.48 bits per heavy atom. The van der Waals surface area contributed by atoms with Gasteiger partial charge in [-0.1, -0.05) is 0 Å². The second-order valence-electron chi connectivity index (χ2n) is 6.33. The van der Waals surface area contributed by atoms with Gasteiger partial charge < -0.3 is 15.7 Å². The first-order chi connectivity index (χ1) is 9.79. The van der Waals surface area contributed by atoms with Crippen LogP contribution in [0.4, 0.5) is 4.79 Å². The van der Waals surface area contributed by atoms with Gasteiger partial charge >= 0.3 is 6.03 Å². The predicted octanol–water partition coefficient (Wildman–Crippen LogP) is 0.127. The second-order valence-corrected chi connectivity index (χ2v) is 6.33. The standard InChI is InChI=1S/C14H23N3O4/c1-14(2)12(20)17(13(21)16-14)8-7-11(19)15-9-3-5-10(18)6-4-9/h9-10,18H,3-8H2,1-2H3,(H,15,19)(H,16,21). The van der Waals surface area contributed by atoms with Crippen molar-refractivity contribution in [2.45, 2.75) is 63.6 Å². The molecule has 1 aliphatic heterocycles. The molecule has 0 bridgehead atoms. The van der Waals surface area contributed by atoms with E-state index in [4.69, 9.17) is 0 Å². The number of nitrogens with one attached hydrogen (secondary N) is 2. The first-order valence-corrected chi connectivity index (χ1v) is 7.41. The third-order valence-electron chi connectivity index (χ3n) is 4.07. The smallest absolute Gasteiger partial charge is 0.325 e. The number of aliphatic hydroxyl groups excluding tert-OH is 1. The SMILES string of the molecule is CC1(C)NC(=O)N(CCC(=O)NC2CCC(O)CC2)C1=O. The van der Waals surface area contributed by atoms with E-state index in [1.165, 1.54) is 0 Å². The highest BCUT2D eigenvalue weighted by Crippen LogP contribution is 2.19. The van der Waals surface area contributed by atoms with Crippen LogP contribution in [0.2, 0.25) is 0 Å². The van der Waals surface area contributed by atoms with Gasteiger partial charge in [-0.2, -0.15) is 0 Å². The summed E-state index contributed by atoms with van der Waals surface area (Å²) in [5.41, 5.74) is -0.896. The molecule has 2 aliphatic rings. The normalized spacial score (nSPS) is 28.4. The van der Waals surface area contributed by atoms with Gasteiger partial charge in [-0.25, -0.2) is 4.79 Å². The molecule has 0 aromatic heterocycles. The van der Waals surface area contributed by atoms with E-state index in [0.29, 0.717) is 12.8 Å². The van der Waals surface area contributed by atoms with E-state index < -0.39 is 11.6 Å². The largest absolute Gasteiger partial charge is 0.393 e. The second kappa shape index (κ2) is 6.01. The Kier molecular flexibility index (Phi) is 4.51. The van der Waals surface area contributed by atoms with Crippen LogP contribution in [0.5, 0.6) is 0 Å². The Morgan fingerprint density at radius 2 is 1.95 bits per heavy atom. The van der Waals surface area contributed by atoms with E-state index in [2.05, 4.69) is 10.6 Å². The van der Waals surface area contributed by atoms with E-state index in [9.17, 15) is 19.5 Å².